The summed E-state index contributed by atoms with van der Waals surface area (Å²) in [7, 11) is -2.80. The van der Waals surface area contributed by atoms with Crippen molar-refractivity contribution in [3.8, 4) is 11.8 Å². The van der Waals surface area contributed by atoms with Crippen molar-refractivity contribution in [2.24, 2.45) is 0 Å². The third-order valence-electron chi connectivity index (χ3n) is 7.99. The molecule has 1 saturated heterocycles. The van der Waals surface area contributed by atoms with Gasteiger partial charge in [0, 0.05) is 11.7 Å². The highest BCUT2D eigenvalue weighted by molar-refractivity contribution is 6.74. The molecule has 1 aliphatic rings. The first kappa shape index (κ1) is 28.2. The van der Waals surface area contributed by atoms with Gasteiger partial charge in [-0.2, -0.15) is 10.4 Å². The van der Waals surface area contributed by atoms with E-state index in [1.165, 1.54) is 12.3 Å². The summed E-state index contributed by atoms with van der Waals surface area (Å²) in [5.41, 5.74) is 1.00. The summed E-state index contributed by atoms with van der Waals surface area (Å²) in [4.78, 5) is 4.28. The molecule has 1 aliphatic heterocycles. The van der Waals surface area contributed by atoms with Crippen LogP contribution >= 0.6 is 0 Å². The predicted molar refractivity (Wildman–Crippen MR) is 146 cm³/mol. The maximum absolute atomic E-state index is 13.7. The highest BCUT2D eigenvalue weighted by atomic mass is 28.4. The number of halogens is 1. The molecule has 0 radical (unpaired) electrons. The fourth-order valence-corrected chi connectivity index (χ4v) is 4.80. The lowest BCUT2D eigenvalue weighted by Crippen LogP contribution is -2.42. The van der Waals surface area contributed by atoms with Gasteiger partial charge < -0.3 is 18.5 Å². The summed E-state index contributed by atoms with van der Waals surface area (Å²) in [5.74, 6) is -0.0354. The standard InChI is InChI=1S/C27H36BFN4O4Si/c1-25(2,3)38(8,9)34-17-23(21-11-10-20(29)15-31-21)35-22-12-19(16-33-24(22)18(13-30)14-32-33)28-36-26(4,5)27(6,7)37-28/h10-12,14-16,23H,17H2,1-9H3. The van der Waals surface area contributed by atoms with Crippen LogP contribution in [0.25, 0.3) is 5.52 Å². The number of aromatic nitrogens is 3. The normalized spacial score (nSPS) is 18.0. The van der Waals surface area contributed by atoms with Crippen molar-refractivity contribution in [2.45, 2.75) is 83.9 Å². The molecule has 1 fully saturated rings. The van der Waals surface area contributed by atoms with Gasteiger partial charge in [-0.25, -0.2) is 8.91 Å². The summed E-state index contributed by atoms with van der Waals surface area (Å²) in [5, 5.41) is 14.1. The molecule has 38 heavy (non-hydrogen) atoms. The van der Waals surface area contributed by atoms with Crippen LogP contribution in [0, 0.1) is 17.1 Å². The zero-order chi connectivity index (χ0) is 28.1. The van der Waals surface area contributed by atoms with E-state index in [2.05, 4.69) is 50.0 Å². The van der Waals surface area contributed by atoms with Gasteiger partial charge in [0.15, 0.2) is 14.4 Å². The first-order valence-corrected chi connectivity index (χ1v) is 15.6. The van der Waals surface area contributed by atoms with Crippen LogP contribution in [0.15, 0.2) is 36.8 Å². The Labute approximate surface area is 225 Å². The molecule has 11 heteroatoms. The van der Waals surface area contributed by atoms with Gasteiger partial charge in [-0.3, -0.25) is 4.98 Å². The van der Waals surface area contributed by atoms with Crippen LogP contribution < -0.4 is 10.2 Å². The highest BCUT2D eigenvalue weighted by Gasteiger charge is 2.52. The summed E-state index contributed by atoms with van der Waals surface area (Å²) in [6.45, 7) is 18.9. The molecule has 0 N–H and O–H groups in total. The van der Waals surface area contributed by atoms with Gasteiger partial charge >= 0.3 is 7.12 Å². The Kier molecular flexibility index (Phi) is 7.25. The monoisotopic (exact) mass is 538 g/mol. The number of rotatable bonds is 7. The number of hydrogen-bond donors (Lipinski definition) is 0. The second-order valence-electron chi connectivity index (χ2n) is 12.3. The summed E-state index contributed by atoms with van der Waals surface area (Å²) in [6, 6.07) is 6.93. The van der Waals surface area contributed by atoms with Crippen molar-refractivity contribution in [1.82, 2.24) is 14.6 Å². The number of nitrogens with zero attached hydrogens (tertiary/aromatic N) is 4. The molecule has 0 bridgehead atoms. The molecule has 202 valence electrons. The van der Waals surface area contributed by atoms with Gasteiger partial charge in [0.1, 0.15) is 28.7 Å². The van der Waals surface area contributed by atoms with Gasteiger partial charge in [0.05, 0.1) is 35.9 Å². The van der Waals surface area contributed by atoms with Crippen LogP contribution in [-0.4, -0.2) is 47.8 Å². The van der Waals surface area contributed by atoms with Crippen molar-refractivity contribution >= 4 is 26.4 Å². The molecule has 0 spiro atoms. The number of fused-ring (bicyclic) bond motifs is 1. The number of nitriles is 1. The SMILES string of the molecule is CC1(C)OB(c2cc(OC(CO[Si](C)(C)C(C)(C)C)c3ccc(F)cn3)c3c(C#N)cnn3c2)OC1(C)C. The fraction of sp³-hybridized carbons (Fsp3) is 0.519. The molecule has 8 nitrogen and oxygen atoms in total. The molecule has 0 saturated carbocycles. The first-order chi connectivity index (χ1) is 17.5. The molecular weight excluding hydrogens is 502 g/mol. The average molecular weight is 539 g/mol. The van der Waals surface area contributed by atoms with E-state index in [9.17, 15) is 9.65 Å². The minimum Gasteiger partial charge on any atom is -0.479 e. The molecular formula is C27H36BFN4O4Si. The number of pyridine rings is 2. The maximum Gasteiger partial charge on any atom is 0.496 e. The van der Waals surface area contributed by atoms with Crippen molar-refractivity contribution in [3.05, 3.63) is 53.9 Å². The summed E-state index contributed by atoms with van der Waals surface area (Å²) >= 11 is 0. The van der Waals surface area contributed by atoms with Crippen LogP contribution in [0.5, 0.6) is 5.75 Å². The third-order valence-corrected chi connectivity index (χ3v) is 12.5. The van der Waals surface area contributed by atoms with Gasteiger partial charge in [-0.05, 0) is 64.0 Å². The highest BCUT2D eigenvalue weighted by Crippen LogP contribution is 2.39. The lowest BCUT2D eigenvalue weighted by atomic mass is 9.80. The molecule has 0 amide bonds. The van der Waals surface area contributed by atoms with E-state index in [-0.39, 0.29) is 11.6 Å². The van der Waals surface area contributed by atoms with Crippen molar-refractivity contribution in [1.29, 1.82) is 5.26 Å². The van der Waals surface area contributed by atoms with Crippen LogP contribution in [0.3, 0.4) is 0 Å². The zero-order valence-electron chi connectivity index (χ0n) is 23.6. The molecule has 1 unspecified atom stereocenters. The van der Waals surface area contributed by atoms with Gasteiger partial charge in [0.25, 0.3) is 0 Å². The molecule has 4 rings (SSSR count). The summed E-state index contributed by atoms with van der Waals surface area (Å²) in [6.07, 6.45) is 3.77. The third kappa shape index (κ3) is 5.36. The Bertz CT molecular complexity index is 1350. The summed E-state index contributed by atoms with van der Waals surface area (Å²) < 4.78 is 40.9. The fourth-order valence-electron chi connectivity index (χ4n) is 3.79. The van der Waals surface area contributed by atoms with Crippen molar-refractivity contribution < 1.29 is 22.9 Å². The molecule has 3 aromatic heterocycles. The zero-order valence-corrected chi connectivity index (χ0v) is 24.6. The second-order valence-corrected chi connectivity index (χ2v) is 17.1. The smallest absolute Gasteiger partial charge is 0.479 e. The van der Waals surface area contributed by atoms with Crippen molar-refractivity contribution in [2.75, 3.05) is 6.61 Å². The van der Waals surface area contributed by atoms with E-state index in [4.69, 9.17) is 18.5 Å². The Balaban J connectivity index is 1.76. The Hall–Kier alpha value is -2.78. The van der Waals surface area contributed by atoms with E-state index in [0.29, 0.717) is 28.0 Å². The molecule has 1 atom stereocenters. The van der Waals surface area contributed by atoms with Gasteiger partial charge in [-0.1, -0.05) is 20.8 Å². The Morgan fingerprint density at radius 2 is 1.82 bits per heavy atom. The van der Waals surface area contributed by atoms with Crippen LogP contribution in [0.4, 0.5) is 4.39 Å². The number of hydrogen-bond acceptors (Lipinski definition) is 7. The first-order valence-electron chi connectivity index (χ1n) is 12.7. The van der Waals surface area contributed by atoms with E-state index in [0.717, 1.165) is 6.20 Å². The van der Waals surface area contributed by atoms with E-state index >= 15 is 0 Å². The second kappa shape index (κ2) is 9.76. The van der Waals surface area contributed by atoms with Gasteiger partial charge in [0.2, 0.25) is 0 Å². The average Bonchev–Trinajstić information content (AvgIpc) is 3.33. The van der Waals surface area contributed by atoms with Gasteiger partial charge in [-0.15, -0.1) is 0 Å². The van der Waals surface area contributed by atoms with Crippen LogP contribution in [-0.2, 0) is 13.7 Å². The maximum atomic E-state index is 13.7. The predicted octanol–water partition coefficient (Wildman–Crippen LogP) is 5.18. The number of ether oxygens (including phenoxy) is 1. The quantitative estimate of drug-likeness (QED) is 0.383. The van der Waals surface area contributed by atoms with Crippen LogP contribution in [0.2, 0.25) is 18.1 Å². The molecule has 0 aromatic carbocycles. The lowest BCUT2D eigenvalue weighted by Gasteiger charge is -2.37. The van der Waals surface area contributed by atoms with Crippen molar-refractivity contribution in [3.63, 3.8) is 0 Å². The molecule has 0 aliphatic carbocycles. The van der Waals surface area contributed by atoms with Crippen LogP contribution in [0.1, 0.15) is 65.8 Å². The van der Waals surface area contributed by atoms with E-state index in [1.54, 1.807) is 16.8 Å². The minimum absolute atomic E-state index is 0.0167. The minimum atomic E-state index is -2.14. The topological polar surface area (TPSA) is 90.9 Å². The Morgan fingerprint density at radius 1 is 1.16 bits per heavy atom. The molecule has 4 heterocycles. The van der Waals surface area contributed by atoms with E-state index in [1.807, 2.05) is 33.8 Å². The lowest BCUT2D eigenvalue weighted by molar-refractivity contribution is 0.00578. The molecule has 3 aromatic rings. The Morgan fingerprint density at radius 3 is 2.37 bits per heavy atom. The van der Waals surface area contributed by atoms with E-state index < -0.39 is 38.6 Å². The largest absolute Gasteiger partial charge is 0.496 e.